The second-order valence-electron chi connectivity index (χ2n) is 7.55. The minimum Gasteiger partial charge on any atom is -0.454 e. The van der Waals surface area contributed by atoms with Gasteiger partial charge in [-0.25, -0.2) is 4.79 Å². The molecule has 32 heavy (non-hydrogen) atoms. The number of nitro benzene ring substituents is 1. The van der Waals surface area contributed by atoms with Gasteiger partial charge >= 0.3 is 5.97 Å². The zero-order valence-electron chi connectivity index (χ0n) is 17.4. The normalized spacial score (nSPS) is 14.7. The van der Waals surface area contributed by atoms with Crippen LogP contribution in [0.4, 0.5) is 11.4 Å². The van der Waals surface area contributed by atoms with Gasteiger partial charge in [-0.05, 0) is 43.0 Å². The highest BCUT2D eigenvalue weighted by atomic mass is 16.7. The summed E-state index contributed by atoms with van der Waals surface area (Å²) in [6, 6.07) is 9.47. The first kappa shape index (κ1) is 21.4. The topological polar surface area (TPSA) is 120 Å². The number of piperidine rings is 1. The van der Waals surface area contributed by atoms with E-state index in [-0.39, 0.29) is 24.6 Å². The number of anilines is 1. The maximum atomic E-state index is 12.7. The first-order chi connectivity index (χ1) is 15.5. The molecule has 4 rings (SSSR count). The number of carbonyl (C=O) groups excluding carboxylic acids is 2. The van der Waals surface area contributed by atoms with E-state index in [1.54, 1.807) is 24.3 Å². The van der Waals surface area contributed by atoms with Gasteiger partial charge in [0.05, 0.1) is 16.2 Å². The molecule has 1 amide bonds. The van der Waals surface area contributed by atoms with Crippen molar-refractivity contribution in [1.82, 2.24) is 5.32 Å². The fraction of sp³-hybridized carbons (Fsp3) is 0.364. The second kappa shape index (κ2) is 9.54. The molecule has 168 valence electrons. The molecule has 0 aliphatic carbocycles. The molecule has 2 aromatic rings. The second-order valence-corrected chi connectivity index (χ2v) is 7.55. The van der Waals surface area contributed by atoms with E-state index in [2.05, 4.69) is 5.32 Å². The average molecular weight is 441 g/mol. The molecule has 0 radical (unpaired) electrons. The first-order valence-electron chi connectivity index (χ1n) is 10.4. The Hall–Kier alpha value is -3.82. The third kappa shape index (κ3) is 4.90. The maximum absolute atomic E-state index is 12.7. The Balaban J connectivity index is 1.37. The summed E-state index contributed by atoms with van der Waals surface area (Å²) in [4.78, 5) is 37.5. The van der Waals surface area contributed by atoms with E-state index in [1.165, 1.54) is 12.1 Å². The van der Waals surface area contributed by atoms with Crippen molar-refractivity contribution in [2.45, 2.75) is 25.8 Å². The lowest BCUT2D eigenvalue weighted by atomic mass is 10.1. The predicted molar refractivity (Wildman–Crippen MR) is 114 cm³/mol. The standard InChI is InChI=1S/C22H23N3O7/c26-21(23-12-15-4-7-19-20(10-15)32-14-31-19)13-30-22(27)17-11-16(25(28)29)5-6-18(17)24-8-2-1-3-9-24/h4-7,10-11H,1-3,8-9,12-14H2,(H,23,26). The SMILES string of the molecule is O=C(COC(=O)c1cc([N+](=O)[O-])ccc1N1CCCCC1)NCc1ccc2c(c1)OCO2. The van der Waals surface area contributed by atoms with Crippen molar-refractivity contribution in [3.8, 4) is 11.5 Å². The van der Waals surface area contributed by atoms with Crippen LogP contribution in [-0.4, -0.2) is 43.3 Å². The maximum Gasteiger partial charge on any atom is 0.341 e. The molecular formula is C22H23N3O7. The van der Waals surface area contributed by atoms with Crippen molar-refractivity contribution in [3.63, 3.8) is 0 Å². The molecule has 0 spiro atoms. The highest BCUT2D eigenvalue weighted by Gasteiger charge is 2.23. The third-order valence-electron chi connectivity index (χ3n) is 5.37. The number of fused-ring (bicyclic) bond motifs is 1. The molecule has 0 bridgehead atoms. The lowest BCUT2D eigenvalue weighted by Gasteiger charge is -2.30. The summed E-state index contributed by atoms with van der Waals surface area (Å²) in [6.45, 7) is 1.41. The number of benzene rings is 2. The van der Waals surface area contributed by atoms with Crippen LogP contribution in [0.3, 0.4) is 0 Å². The van der Waals surface area contributed by atoms with E-state index >= 15 is 0 Å². The van der Waals surface area contributed by atoms with Crippen LogP contribution in [0.2, 0.25) is 0 Å². The number of carbonyl (C=O) groups is 2. The number of nitrogens with one attached hydrogen (secondary N) is 1. The number of amides is 1. The smallest absolute Gasteiger partial charge is 0.341 e. The number of esters is 1. The predicted octanol–water partition coefficient (Wildman–Crippen LogP) is 2.79. The molecule has 10 nitrogen and oxygen atoms in total. The summed E-state index contributed by atoms with van der Waals surface area (Å²) in [5, 5.41) is 13.9. The lowest BCUT2D eigenvalue weighted by Crippen LogP contribution is -2.32. The van der Waals surface area contributed by atoms with E-state index in [4.69, 9.17) is 14.2 Å². The van der Waals surface area contributed by atoms with E-state index in [0.717, 1.165) is 37.9 Å². The van der Waals surface area contributed by atoms with Crippen LogP contribution < -0.4 is 19.7 Å². The van der Waals surface area contributed by atoms with E-state index in [0.29, 0.717) is 17.2 Å². The van der Waals surface area contributed by atoms with Gasteiger partial charge in [-0.2, -0.15) is 0 Å². The average Bonchev–Trinajstić information content (AvgIpc) is 3.29. The van der Waals surface area contributed by atoms with Crippen LogP contribution in [-0.2, 0) is 16.1 Å². The lowest BCUT2D eigenvalue weighted by molar-refractivity contribution is -0.384. The van der Waals surface area contributed by atoms with Gasteiger partial charge in [0, 0.05) is 31.8 Å². The number of nitro groups is 1. The van der Waals surface area contributed by atoms with Gasteiger partial charge < -0.3 is 24.4 Å². The van der Waals surface area contributed by atoms with Crippen molar-refractivity contribution >= 4 is 23.3 Å². The molecular weight excluding hydrogens is 418 g/mol. The number of hydrogen-bond acceptors (Lipinski definition) is 8. The summed E-state index contributed by atoms with van der Waals surface area (Å²) >= 11 is 0. The number of non-ortho nitro benzene ring substituents is 1. The number of nitrogens with zero attached hydrogens (tertiary/aromatic N) is 2. The molecule has 1 saturated heterocycles. The van der Waals surface area contributed by atoms with Crippen molar-refractivity contribution in [2.75, 3.05) is 31.4 Å². The summed E-state index contributed by atoms with van der Waals surface area (Å²) in [6.07, 6.45) is 3.06. The fourth-order valence-corrected chi connectivity index (χ4v) is 3.72. The molecule has 2 aliphatic rings. The molecule has 0 aromatic heterocycles. The largest absolute Gasteiger partial charge is 0.454 e. The number of hydrogen-bond donors (Lipinski definition) is 1. The Morgan fingerprint density at radius 2 is 1.84 bits per heavy atom. The molecule has 0 saturated carbocycles. The molecule has 0 unspecified atom stereocenters. The van der Waals surface area contributed by atoms with Crippen molar-refractivity contribution in [3.05, 3.63) is 57.6 Å². The monoisotopic (exact) mass is 441 g/mol. The van der Waals surface area contributed by atoms with Crippen LogP contribution in [0.15, 0.2) is 36.4 Å². The van der Waals surface area contributed by atoms with E-state index < -0.39 is 23.4 Å². The highest BCUT2D eigenvalue weighted by Crippen LogP contribution is 2.32. The molecule has 1 fully saturated rings. The van der Waals surface area contributed by atoms with Gasteiger partial charge in [-0.15, -0.1) is 0 Å². The highest BCUT2D eigenvalue weighted by molar-refractivity contribution is 5.97. The van der Waals surface area contributed by atoms with Gasteiger partial charge in [0.15, 0.2) is 18.1 Å². The summed E-state index contributed by atoms with van der Waals surface area (Å²) in [5.41, 5.74) is 1.27. The zero-order chi connectivity index (χ0) is 22.5. The summed E-state index contributed by atoms with van der Waals surface area (Å²) < 4.78 is 15.7. The first-order valence-corrected chi connectivity index (χ1v) is 10.4. The molecule has 2 aromatic carbocycles. The minimum atomic E-state index is -0.771. The molecule has 10 heteroatoms. The van der Waals surface area contributed by atoms with E-state index in [9.17, 15) is 19.7 Å². The van der Waals surface area contributed by atoms with Crippen LogP contribution >= 0.6 is 0 Å². The van der Waals surface area contributed by atoms with Crippen LogP contribution in [0.5, 0.6) is 11.5 Å². The van der Waals surface area contributed by atoms with Gasteiger partial charge in [-0.3, -0.25) is 14.9 Å². The van der Waals surface area contributed by atoms with Crippen LogP contribution in [0, 0.1) is 10.1 Å². The quantitative estimate of drug-likeness (QED) is 0.396. The Morgan fingerprint density at radius 3 is 2.62 bits per heavy atom. The molecule has 2 aliphatic heterocycles. The molecule has 0 atom stereocenters. The van der Waals surface area contributed by atoms with Crippen molar-refractivity contribution in [1.29, 1.82) is 0 Å². The van der Waals surface area contributed by atoms with Crippen LogP contribution in [0.1, 0.15) is 35.2 Å². The zero-order valence-corrected chi connectivity index (χ0v) is 17.4. The minimum absolute atomic E-state index is 0.0877. The van der Waals surface area contributed by atoms with Gasteiger partial charge in [0.25, 0.3) is 11.6 Å². The van der Waals surface area contributed by atoms with Gasteiger partial charge in [0.2, 0.25) is 6.79 Å². The van der Waals surface area contributed by atoms with Gasteiger partial charge in [-0.1, -0.05) is 6.07 Å². The third-order valence-corrected chi connectivity index (χ3v) is 5.37. The molecule has 2 heterocycles. The van der Waals surface area contributed by atoms with Gasteiger partial charge in [0.1, 0.15) is 0 Å². The Morgan fingerprint density at radius 1 is 1.06 bits per heavy atom. The van der Waals surface area contributed by atoms with E-state index in [1.807, 2.05) is 4.90 Å². The van der Waals surface area contributed by atoms with Crippen molar-refractivity contribution in [2.24, 2.45) is 0 Å². The Labute approximate surface area is 184 Å². The van der Waals surface area contributed by atoms with Crippen molar-refractivity contribution < 1.29 is 28.7 Å². The summed E-state index contributed by atoms with van der Waals surface area (Å²) in [5.74, 6) is 0.00281. The fourth-order valence-electron chi connectivity index (χ4n) is 3.72. The number of ether oxygens (including phenoxy) is 3. The Bertz CT molecular complexity index is 1030. The van der Waals surface area contributed by atoms with Crippen LogP contribution in [0.25, 0.3) is 0 Å². The molecule has 1 N–H and O–H groups in total. The Kier molecular flexibility index (Phi) is 6.39. The number of rotatable bonds is 7. The summed E-state index contributed by atoms with van der Waals surface area (Å²) in [7, 11) is 0.